The van der Waals surface area contributed by atoms with Crippen molar-refractivity contribution < 1.29 is 24.2 Å². The maximum absolute atomic E-state index is 13.4. The molecule has 1 saturated heterocycles. The molecule has 0 spiro atoms. The predicted octanol–water partition coefficient (Wildman–Crippen LogP) is 3.07. The molecule has 7 nitrogen and oxygen atoms in total. The zero-order chi connectivity index (χ0) is 22.4. The number of rotatable bonds is 7. The first-order valence-corrected chi connectivity index (χ1v) is 10.5. The van der Waals surface area contributed by atoms with Crippen molar-refractivity contribution in [3.8, 4) is 0 Å². The van der Waals surface area contributed by atoms with E-state index >= 15 is 0 Å². The minimum Gasteiger partial charge on any atom is -0.445 e. The molecule has 7 heteroatoms. The zero-order valence-electron chi connectivity index (χ0n) is 18.1. The summed E-state index contributed by atoms with van der Waals surface area (Å²) < 4.78 is 10.8. The molecule has 2 aromatic carbocycles. The smallest absolute Gasteiger partial charge is 0.408 e. The number of benzene rings is 2. The molecule has 4 atom stereocenters. The van der Waals surface area contributed by atoms with Gasteiger partial charge in [-0.3, -0.25) is 4.79 Å². The number of nitrogens with zero attached hydrogens (tertiary/aromatic N) is 1. The normalized spacial score (nSPS) is 21.7. The van der Waals surface area contributed by atoms with E-state index in [1.165, 1.54) is 4.90 Å². The van der Waals surface area contributed by atoms with Gasteiger partial charge in [0, 0.05) is 0 Å². The van der Waals surface area contributed by atoms with Crippen molar-refractivity contribution in [2.45, 2.75) is 58.4 Å². The summed E-state index contributed by atoms with van der Waals surface area (Å²) in [5.41, 5.74) is 1.84. The van der Waals surface area contributed by atoms with Gasteiger partial charge >= 0.3 is 6.09 Å². The van der Waals surface area contributed by atoms with Gasteiger partial charge in [0.2, 0.25) is 5.91 Å². The Balaban J connectivity index is 1.68. The first kappa shape index (κ1) is 22.8. The van der Waals surface area contributed by atoms with Crippen LogP contribution in [0.1, 0.15) is 31.9 Å². The molecule has 0 radical (unpaired) electrons. The molecule has 2 N–H and O–H groups in total. The van der Waals surface area contributed by atoms with Gasteiger partial charge in [0.05, 0.1) is 6.04 Å². The lowest BCUT2D eigenvalue weighted by atomic mass is 10.00. The number of hydrogen-bond acceptors (Lipinski definition) is 5. The van der Waals surface area contributed by atoms with Gasteiger partial charge in [-0.05, 0) is 30.4 Å². The number of ether oxygens (including phenoxy) is 2. The molecule has 0 saturated carbocycles. The van der Waals surface area contributed by atoms with E-state index in [1.54, 1.807) is 6.92 Å². The number of aliphatic hydroxyl groups is 1. The molecule has 0 aromatic heterocycles. The fraction of sp³-hybridized carbons (Fsp3) is 0.417. The van der Waals surface area contributed by atoms with Gasteiger partial charge in [-0.2, -0.15) is 0 Å². The molecule has 1 aliphatic heterocycles. The third-order valence-corrected chi connectivity index (χ3v) is 5.38. The minimum absolute atomic E-state index is 0.115. The highest BCUT2D eigenvalue weighted by Crippen LogP contribution is 2.27. The molecule has 1 heterocycles. The van der Waals surface area contributed by atoms with Crippen LogP contribution in [0, 0.1) is 5.92 Å². The summed E-state index contributed by atoms with van der Waals surface area (Å²) in [6.07, 6.45) is -1.93. The topological polar surface area (TPSA) is 88.1 Å². The van der Waals surface area contributed by atoms with Crippen molar-refractivity contribution in [2.75, 3.05) is 0 Å². The number of carbonyl (C=O) groups excluding carboxylic acids is 2. The molecule has 166 valence electrons. The highest BCUT2D eigenvalue weighted by Gasteiger charge is 2.44. The van der Waals surface area contributed by atoms with Crippen molar-refractivity contribution in [1.29, 1.82) is 0 Å². The molecule has 0 aliphatic carbocycles. The SMILES string of the molecule is CC(C)C(NC(=O)OCc1ccccc1)C(=O)N1C(C)OC(O)C1Cc1ccccc1. The van der Waals surface area contributed by atoms with Gasteiger partial charge in [0.1, 0.15) is 18.9 Å². The summed E-state index contributed by atoms with van der Waals surface area (Å²) in [6.45, 7) is 5.54. The van der Waals surface area contributed by atoms with Crippen LogP contribution in [0.2, 0.25) is 0 Å². The van der Waals surface area contributed by atoms with E-state index in [0.29, 0.717) is 6.42 Å². The standard InChI is InChI=1S/C24H30N2O5/c1-16(2)21(25-24(29)30-15-19-12-8-5-9-13-19)22(27)26-17(3)31-23(28)20(26)14-18-10-6-4-7-11-18/h4-13,16-17,20-21,23,28H,14-15H2,1-3H3,(H,25,29). The quantitative estimate of drug-likeness (QED) is 0.710. The lowest BCUT2D eigenvalue weighted by Crippen LogP contribution is -2.55. The van der Waals surface area contributed by atoms with Crippen LogP contribution in [0.15, 0.2) is 60.7 Å². The maximum atomic E-state index is 13.4. The van der Waals surface area contributed by atoms with Crippen LogP contribution in [0.4, 0.5) is 4.79 Å². The van der Waals surface area contributed by atoms with Gasteiger partial charge in [0.25, 0.3) is 0 Å². The number of aliphatic hydroxyl groups excluding tert-OH is 1. The first-order chi connectivity index (χ1) is 14.9. The Bertz CT molecular complexity index is 859. The molecule has 3 rings (SSSR count). The monoisotopic (exact) mass is 426 g/mol. The van der Waals surface area contributed by atoms with E-state index in [4.69, 9.17) is 9.47 Å². The van der Waals surface area contributed by atoms with E-state index in [0.717, 1.165) is 11.1 Å². The predicted molar refractivity (Wildman–Crippen MR) is 116 cm³/mol. The van der Waals surface area contributed by atoms with Crippen LogP contribution >= 0.6 is 0 Å². The van der Waals surface area contributed by atoms with E-state index in [1.807, 2.05) is 74.5 Å². The van der Waals surface area contributed by atoms with Gasteiger partial charge in [0.15, 0.2) is 6.29 Å². The highest BCUT2D eigenvalue weighted by atomic mass is 16.6. The summed E-state index contributed by atoms with van der Waals surface area (Å²) in [7, 11) is 0. The number of amides is 2. The first-order valence-electron chi connectivity index (χ1n) is 10.5. The van der Waals surface area contributed by atoms with Crippen LogP contribution in [-0.2, 0) is 27.3 Å². The minimum atomic E-state index is -1.10. The average Bonchev–Trinajstić information content (AvgIpc) is 3.04. The molecular weight excluding hydrogens is 396 g/mol. The van der Waals surface area contributed by atoms with Crippen LogP contribution in [0.5, 0.6) is 0 Å². The Kier molecular flexibility index (Phi) is 7.65. The van der Waals surface area contributed by atoms with E-state index in [9.17, 15) is 14.7 Å². The molecule has 4 unspecified atom stereocenters. The maximum Gasteiger partial charge on any atom is 0.408 e. The van der Waals surface area contributed by atoms with Crippen LogP contribution < -0.4 is 5.32 Å². The van der Waals surface area contributed by atoms with Crippen LogP contribution in [0.25, 0.3) is 0 Å². The molecule has 0 bridgehead atoms. The largest absolute Gasteiger partial charge is 0.445 e. The third-order valence-electron chi connectivity index (χ3n) is 5.38. The van der Waals surface area contributed by atoms with Crippen molar-refractivity contribution in [3.05, 3.63) is 71.8 Å². The molecular formula is C24H30N2O5. The Morgan fingerprint density at radius 2 is 1.65 bits per heavy atom. The summed E-state index contributed by atoms with van der Waals surface area (Å²) in [5.74, 6) is -0.490. The second-order valence-corrected chi connectivity index (χ2v) is 8.06. The summed E-state index contributed by atoms with van der Waals surface area (Å²) >= 11 is 0. The van der Waals surface area contributed by atoms with E-state index in [2.05, 4.69) is 5.32 Å². The fourth-order valence-electron chi connectivity index (χ4n) is 3.73. The lowest BCUT2D eigenvalue weighted by Gasteiger charge is -2.32. The Morgan fingerprint density at radius 3 is 2.23 bits per heavy atom. The molecule has 2 amide bonds. The van der Waals surface area contributed by atoms with Crippen molar-refractivity contribution in [3.63, 3.8) is 0 Å². The number of carbonyl (C=O) groups is 2. The molecule has 2 aromatic rings. The second kappa shape index (κ2) is 10.4. The summed E-state index contributed by atoms with van der Waals surface area (Å²) in [6, 6.07) is 17.6. The van der Waals surface area contributed by atoms with Crippen molar-refractivity contribution in [2.24, 2.45) is 5.92 Å². The zero-order valence-corrected chi connectivity index (χ0v) is 18.1. The average molecular weight is 427 g/mol. The second-order valence-electron chi connectivity index (χ2n) is 8.06. The van der Waals surface area contributed by atoms with Gasteiger partial charge in [-0.25, -0.2) is 4.79 Å². The summed E-state index contributed by atoms with van der Waals surface area (Å²) in [5, 5.41) is 13.1. The Labute approximate surface area is 183 Å². The van der Waals surface area contributed by atoms with Crippen molar-refractivity contribution in [1.82, 2.24) is 10.2 Å². The Hall–Kier alpha value is -2.90. The Morgan fingerprint density at radius 1 is 1.06 bits per heavy atom. The number of alkyl carbamates (subject to hydrolysis) is 1. The third kappa shape index (κ3) is 5.83. The molecule has 1 fully saturated rings. The van der Waals surface area contributed by atoms with E-state index in [-0.39, 0.29) is 18.4 Å². The number of hydrogen-bond donors (Lipinski definition) is 2. The van der Waals surface area contributed by atoms with Gasteiger partial charge < -0.3 is 24.8 Å². The highest BCUT2D eigenvalue weighted by molar-refractivity contribution is 5.86. The summed E-state index contributed by atoms with van der Waals surface area (Å²) in [4.78, 5) is 27.3. The van der Waals surface area contributed by atoms with Crippen LogP contribution in [-0.4, -0.2) is 46.6 Å². The van der Waals surface area contributed by atoms with Gasteiger partial charge in [-0.1, -0.05) is 74.5 Å². The lowest BCUT2D eigenvalue weighted by molar-refractivity contribution is -0.141. The molecule has 1 aliphatic rings. The fourth-order valence-corrected chi connectivity index (χ4v) is 3.73. The van der Waals surface area contributed by atoms with Gasteiger partial charge in [-0.15, -0.1) is 0 Å². The van der Waals surface area contributed by atoms with Crippen LogP contribution in [0.3, 0.4) is 0 Å². The molecule has 31 heavy (non-hydrogen) atoms. The van der Waals surface area contributed by atoms with Crippen molar-refractivity contribution >= 4 is 12.0 Å². The van der Waals surface area contributed by atoms with E-state index < -0.39 is 30.7 Å². The number of nitrogens with one attached hydrogen (secondary N) is 1.